The fourth-order valence-corrected chi connectivity index (χ4v) is 3.40. The van der Waals surface area contributed by atoms with Crippen molar-refractivity contribution in [2.24, 2.45) is 0 Å². The second kappa shape index (κ2) is 8.65. The maximum atomic E-state index is 12.5. The van der Waals surface area contributed by atoms with Crippen molar-refractivity contribution in [1.29, 1.82) is 0 Å². The Hall–Kier alpha value is -1.63. The van der Waals surface area contributed by atoms with Crippen LogP contribution in [0.2, 0.25) is 0 Å². The molecule has 1 N–H and O–H groups in total. The number of hydrogen-bond donors (Lipinski definition) is 1. The van der Waals surface area contributed by atoms with E-state index in [4.69, 9.17) is 9.47 Å². The molecule has 6 nitrogen and oxygen atoms in total. The topological polar surface area (TPSA) is 54.0 Å². The van der Waals surface area contributed by atoms with Gasteiger partial charge in [-0.3, -0.25) is 4.90 Å². The lowest BCUT2D eigenvalue weighted by Gasteiger charge is -2.32. The fourth-order valence-electron chi connectivity index (χ4n) is 3.40. The minimum atomic E-state index is -0.0497. The van der Waals surface area contributed by atoms with E-state index in [0.29, 0.717) is 12.6 Å². The van der Waals surface area contributed by atoms with E-state index in [1.54, 1.807) is 0 Å². The highest BCUT2D eigenvalue weighted by molar-refractivity contribution is 5.89. The highest BCUT2D eigenvalue weighted by Gasteiger charge is 2.21. The van der Waals surface area contributed by atoms with Gasteiger partial charge in [-0.1, -0.05) is 12.1 Å². The van der Waals surface area contributed by atoms with Gasteiger partial charge in [0.05, 0.1) is 19.3 Å². The van der Waals surface area contributed by atoms with Crippen LogP contribution in [0.5, 0.6) is 0 Å². The van der Waals surface area contributed by atoms with Crippen molar-refractivity contribution in [3.8, 4) is 0 Å². The second-order valence-electron chi connectivity index (χ2n) is 6.86. The van der Waals surface area contributed by atoms with Crippen LogP contribution in [0.25, 0.3) is 0 Å². The molecule has 0 spiro atoms. The molecule has 0 bridgehead atoms. The zero-order chi connectivity index (χ0) is 17.6. The van der Waals surface area contributed by atoms with Crippen LogP contribution < -0.4 is 5.32 Å². The maximum Gasteiger partial charge on any atom is 0.321 e. The predicted molar refractivity (Wildman–Crippen MR) is 97.9 cm³/mol. The van der Waals surface area contributed by atoms with E-state index in [-0.39, 0.29) is 12.1 Å². The number of carbonyl (C=O) groups is 1. The van der Waals surface area contributed by atoms with Crippen molar-refractivity contribution in [3.05, 3.63) is 29.8 Å². The maximum absolute atomic E-state index is 12.5. The zero-order valence-electron chi connectivity index (χ0n) is 15.2. The third kappa shape index (κ3) is 4.93. The molecule has 1 aromatic rings. The Labute approximate surface area is 150 Å². The van der Waals surface area contributed by atoms with Crippen LogP contribution in [-0.4, -0.2) is 67.9 Å². The number of urea groups is 1. The Morgan fingerprint density at radius 1 is 1.16 bits per heavy atom. The van der Waals surface area contributed by atoms with E-state index in [0.717, 1.165) is 51.6 Å². The van der Waals surface area contributed by atoms with Crippen LogP contribution in [-0.2, 0) is 9.47 Å². The van der Waals surface area contributed by atoms with Gasteiger partial charge in [0.25, 0.3) is 0 Å². The Bertz CT molecular complexity index is 558. The number of ether oxygens (including phenoxy) is 2. The van der Waals surface area contributed by atoms with Crippen molar-refractivity contribution in [3.63, 3.8) is 0 Å². The third-order valence-electron chi connectivity index (χ3n) is 4.98. The lowest BCUT2D eigenvalue weighted by molar-refractivity contribution is 0.0198. The SMILES string of the molecule is C[C@@H]1CN(C(=O)Nc2ccc([C@H](C)N3CCOCC3)cc2)CCCO1. The quantitative estimate of drug-likeness (QED) is 0.913. The first-order chi connectivity index (χ1) is 12.1. The summed E-state index contributed by atoms with van der Waals surface area (Å²) in [5.41, 5.74) is 2.09. The molecule has 0 unspecified atom stereocenters. The molecule has 2 amide bonds. The number of nitrogens with one attached hydrogen (secondary N) is 1. The summed E-state index contributed by atoms with van der Waals surface area (Å²) in [4.78, 5) is 16.7. The van der Waals surface area contributed by atoms with Crippen LogP contribution >= 0.6 is 0 Å². The van der Waals surface area contributed by atoms with Crippen molar-refractivity contribution in [2.45, 2.75) is 32.4 Å². The van der Waals surface area contributed by atoms with Crippen LogP contribution in [0.4, 0.5) is 10.5 Å². The van der Waals surface area contributed by atoms with Gasteiger partial charge in [-0.05, 0) is 38.0 Å². The highest BCUT2D eigenvalue weighted by atomic mass is 16.5. The first-order valence-electron chi connectivity index (χ1n) is 9.23. The molecule has 0 saturated carbocycles. The standard InChI is InChI=1S/C19H29N3O3/c1-15-14-22(8-3-11-25-15)19(23)20-18-6-4-17(5-7-18)16(2)21-9-12-24-13-10-21/h4-7,15-16H,3,8-14H2,1-2H3,(H,20,23)/t15-,16+/m1/s1. The molecule has 2 heterocycles. The van der Waals surface area contributed by atoms with Gasteiger partial charge in [0.15, 0.2) is 0 Å². The van der Waals surface area contributed by atoms with Gasteiger partial charge < -0.3 is 19.7 Å². The van der Waals surface area contributed by atoms with Crippen molar-refractivity contribution in [1.82, 2.24) is 9.80 Å². The molecule has 1 aromatic carbocycles. The zero-order valence-corrected chi connectivity index (χ0v) is 15.2. The normalized spacial score (nSPS) is 23.8. The first kappa shape index (κ1) is 18.2. The predicted octanol–water partition coefficient (Wildman–Crippen LogP) is 2.72. The molecular formula is C19H29N3O3. The summed E-state index contributed by atoms with van der Waals surface area (Å²) < 4.78 is 11.0. The van der Waals surface area contributed by atoms with Gasteiger partial charge in [-0.15, -0.1) is 0 Å². The number of carbonyl (C=O) groups excluding carboxylic acids is 1. The van der Waals surface area contributed by atoms with E-state index in [2.05, 4.69) is 29.3 Å². The third-order valence-corrected chi connectivity index (χ3v) is 4.98. The average molecular weight is 347 g/mol. The van der Waals surface area contributed by atoms with Gasteiger partial charge in [0.1, 0.15) is 0 Å². The second-order valence-corrected chi connectivity index (χ2v) is 6.86. The molecule has 2 saturated heterocycles. The lowest BCUT2D eigenvalue weighted by Crippen LogP contribution is -2.39. The van der Waals surface area contributed by atoms with E-state index in [9.17, 15) is 4.79 Å². The Balaban J connectivity index is 1.57. The Kier molecular flexibility index (Phi) is 6.29. The largest absolute Gasteiger partial charge is 0.379 e. The summed E-state index contributed by atoms with van der Waals surface area (Å²) >= 11 is 0. The number of nitrogens with zero attached hydrogens (tertiary/aromatic N) is 2. The van der Waals surface area contributed by atoms with Crippen LogP contribution in [0.15, 0.2) is 24.3 Å². The molecule has 0 aromatic heterocycles. The van der Waals surface area contributed by atoms with E-state index in [1.165, 1.54) is 5.56 Å². The smallest absolute Gasteiger partial charge is 0.321 e. The van der Waals surface area contributed by atoms with Gasteiger partial charge >= 0.3 is 6.03 Å². The average Bonchev–Trinajstić information content (AvgIpc) is 2.87. The molecule has 3 rings (SSSR count). The molecule has 2 aliphatic rings. The van der Waals surface area contributed by atoms with Crippen molar-refractivity contribution >= 4 is 11.7 Å². The van der Waals surface area contributed by atoms with Crippen molar-refractivity contribution in [2.75, 3.05) is 51.3 Å². The number of morpholine rings is 1. The summed E-state index contributed by atoms with van der Waals surface area (Å²) in [6, 6.07) is 8.49. The van der Waals surface area contributed by atoms with E-state index >= 15 is 0 Å². The monoisotopic (exact) mass is 347 g/mol. The molecule has 2 aliphatic heterocycles. The Morgan fingerprint density at radius 2 is 1.88 bits per heavy atom. The van der Waals surface area contributed by atoms with Gasteiger partial charge in [-0.25, -0.2) is 4.79 Å². The van der Waals surface area contributed by atoms with E-state index in [1.807, 2.05) is 24.0 Å². The fraction of sp³-hybridized carbons (Fsp3) is 0.632. The summed E-state index contributed by atoms with van der Waals surface area (Å²) in [5, 5.41) is 3.00. The molecule has 0 radical (unpaired) electrons. The number of amides is 2. The van der Waals surface area contributed by atoms with Crippen LogP contribution in [0.3, 0.4) is 0 Å². The first-order valence-corrected chi connectivity index (χ1v) is 9.23. The van der Waals surface area contributed by atoms with Crippen LogP contribution in [0.1, 0.15) is 31.9 Å². The van der Waals surface area contributed by atoms with Crippen molar-refractivity contribution < 1.29 is 14.3 Å². The summed E-state index contributed by atoms with van der Waals surface area (Å²) in [6.07, 6.45) is 0.971. The molecule has 2 atom stereocenters. The van der Waals surface area contributed by atoms with Gasteiger partial charge in [-0.2, -0.15) is 0 Å². The number of hydrogen-bond acceptors (Lipinski definition) is 4. The van der Waals surface area contributed by atoms with Gasteiger partial charge in [0.2, 0.25) is 0 Å². The molecule has 6 heteroatoms. The minimum absolute atomic E-state index is 0.0497. The summed E-state index contributed by atoms with van der Waals surface area (Å²) in [6.45, 7) is 9.86. The molecular weight excluding hydrogens is 318 g/mol. The summed E-state index contributed by atoms with van der Waals surface area (Å²) in [7, 11) is 0. The highest BCUT2D eigenvalue weighted by Crippen LogP contribution is 2.23. The number of anilines is 1. The molecule has 25 heavy (non-hydrogen) atoms. The Morgan fingerprint density at radius 3 is 2.60 bits per heavy atom. The molecule has 138 valence electrons. The van der Waals surface area contributed by atoms with E-state index < -0.39 is 0 Å². The number of rotatable bonds is 3. The number of benzene rings is 1. The minimum Gasteiger partial charge on any atom is -0.379 e. The lowest BCUT2D eigenvalue weighted by atomic mass is 10.1. The molecule has 2 fully saturated rings. The molecule has 0 aliphatic carbocycles. The van der Waals surface area contributed by atoms with Crippen LogP contribution in [0, 0.1) is 0 Å². The van der Waals surface area contributed by atoms with Gasteiger partial charge in [0, 0.05) is 44.5 Å². The summed E-state index contributed by atoms with van der Waals surface area (Å²) in [5.74, 6) is 0.